The molecular formula is C3H7BBrNO. The van der Waals surface area contributed by atoms with Crippen LogP contribution in [0.4, 0.5) is 0 Å². The molecule has 0 aromatic heterocycles. The van der Waals surface area contributed by atoms with Crippen molar-refractivity contribution in [2.75, 3.05) is 0 Å². The van der Waals surface area contributed by atoms with Gasteiger partial charge < -0.3 is 5.73 Å². The molecule has 0 radical (unpaired) electrons. The van der Waals surface area contributed by atoms with Crippen molar-refractivity contribution in [3.63, 3.8) is 0 Å². The van der Waals surface area contributed by atoms with Gasteiger partial charge in [0, 0.05) is 0 Å². The molecular weight excluding hydrogens is 157 g/mol. The fourth-order valence-electron chi connectivity index (χ4n) is 0.201. The first-order valence-electron chi connectivity index (χ1n) is 2.12. The van der Waals surface area contributed by atoms with E-state index in [1.54, 1.807) is 0 Å². The third kappa shape index (κ3) is 2.68. The Labute approximate surface area is 52.0 Å². The van der Waals surface area contributed by atoms with Gasteiger partial charge in [-0.1, -0.05) is 22.3 Å². The average molecular weight is 164 g/mol. The molecule has 0 fully saturated rings. The number of primary amides is 1. The maximum atomic E-state index is 10.1. The van der Waals surface area contributed by atoms with Crippen LogP contribution >= 0.6 is 15.9 Å². The van der Waals surface area contributed by atoms with Crippen LogP contribution in [-0.2, 0) is 4.79 Å². The highest BCUT2D eigenvalue weighted by Crippen LogP contribution is 1.99. The van der Waals surface area contributed by atoms with Gasteiger partial charge in [-0.3, -0.25) is 4.79 Å². The van der Waals surface area contributed by atoms with Gasteiger partial charge in [0.1, 0.15) is 7.85 Å². The first-order chi connectivity index (χ1) is 3.18. The largest absolute Gasteiger partial charge is 0.369 e. The van der Waals surface area contributed by atoms with Gasteiger partial charge in [0.25, 0.3) is 0 Å². The van der Waals surface area contributed by atoms with Crippen LogP contribution in [0.5, 0.6) is 0 Å². The summed E-state index contributed by atoms with van der Waals surface area (Å²) in [5, 5.41) is 0. The van der Waals surface area contributed by atoms with Crippen molar-refractivity contribution in [1.29, 1.82) is 0 Å². The maximum absolute atomic E-state index is 10.1. The Morgan fingerprint density at radius 3 is 2.43 bits per heavy atom. The molecule has 0 heterocycles. The predicted octanol–water partition coefficient (Wildman–Crippen LogP) is -0.713. The summed E-state index contributed by atoms with van der Waals surface area (Å²) in [6.07, 6.45) is 0.759. The van der Waals surface area contributed by atoms with Crippen molar-refractivity contribution in [1.82, 2.24) is 0 Å². The summed E-state index contributed by atoms with van der Waals surface area (Å²) in [6.45, 7) is 0. The van der Waals surface area contributed by atoms with Crippen molar-refractivity contribution >= 4 is 29.7 Å². The molecule has 0 aromatic carbocycles. The Morgan fingerprint density at radius 1 is 2.00 bits per heavy atom. The van der Waals surface area contributed by atoms with E-state index in [1.165, 1.54) is 0 Å². The van der Waals surface area contributed by atoms with Gasteiger partial charge in [-0.15, -0.1) is 0 Å². The second kappa shape index (κ2) is 3.07. The number of hydrogen-bond donors (Lipinski definition) is 1. The molecule has 0 aromatic rings. The Balaban J connectivity index is 3.34. The highest BCUT2D eigenvalue weighted by atomic mass is 79.9. The molecule has 0 rings (SSSR count). The van der Waals surface area contributed by atoms with E-state index in [0.717, 1.165) is 6.32 Å². The minimum Gasteiger partial charge on any atom is -0.369 e. The number of alkyl halides is 1. The molecule has 4 heteroatoms. The standard InChI is InChI=1S/C3H7BBrNO/c4-1-2(5)3(6)7/h2H,1,4H2,(H2,6,7). The first kappa shape index (κ1) is 7.01. The van der Waals surface area contributed by atoms with E-state index >= 15 is 0 Å². The van der Waals surface area contributed by atoms with Crippen LogP contribution in [0, 0.1) is 0 Å². The summed E-state index contributed by atoms with van der Waals surface area (Å²) in [7, 11) is 1.89. The summed E-state index contributed by atoms with van der Waals surface area (Å²) >= 11 is 3.07. The second-order valence-corrected chi connectivity index (χ2v) is 2.38. The highest BCUT2D eigenvalue weighted by molar-refractivity contribution is 9.10. The van der Waals surface area contributed by atoms with Crippen LogP contribution in [0.1, 0.15) is 0 Å². The molecule has 0 aliphatic rings. The Morgan fingerprint density at radius 2 is 2.43 bits per heavy atom. The van der Waals surface area contributed by atoms with E-state index in [2.05, 4.69) is 15.9 Å². The SMILES string of the molecule is BCC(Br)C(N)=O. The van der Waals surface area contributed by atoms with Crippen LogP contribution in [0.3, 0.4) is 0 Å². The molecule has 0 aliphatic heterocycles. The van der Waals surface area contributed by atoms with Gasteiger partial charge in [-0.2, -0.15) is 0 Å². The minimum atomic E-state index is -0.289. The summed E-state index contributed by atoms with van der Waals surface area (Å²) in [5.41, 5.74) is 4.86. The van der Waals surface area contributed by atoms with Crippen molar-refractivity contribution in [3.05, 3.63) is 0 Å². The second-order valence-electron chi connectivity index (χ2n) is 1.28. The van der Waals surface area contributed by atoms with Gasteiger partial charge >= 0.3 is 0 Å². The number of rotatable bonds is 2. The zero-order chi connectivity index (χ0) is 5.86. The van der Waals surface area contributed by atoms with E-state index in [1.807, 2.05) is 7.85 Å². The van der Waals surface area contributed by atoms with Gasteiger partial charge in [-0.05, 0) is 0 Å². The van der Waals surface area contributed by atoms with Crippen LogP contribution in [0.2, 0.25) is 6.32 Å². The van der Waals surface area contributed by atoms with Crippen molar-refractivity contribution in [2.45, 2.75) is 11.1 Å². The quantitative estimate of drug-likeness (QED) is 0.424. The van der Waals surface area contributed by atoms with Crippen LogP contribution in [0.25, 0.3) is 0 Å². The summed E-state index contributed by atoms with van der Waals surface area (Å²) < 4.78 is 0. The van der Waals surface area contributed by atoms with Crippen molar-refractivity contribution in [3.8, 4) is 0 Å². The zero-order valence-electron chi connectivity index (χ0n) is 4.15. The van der Waals surface area contributed by atoms with E-state index in [9.17, 15) is 4.79 Å². The molecule has 40 valence electrons. The zero-order valence-corrected chi connectivity index (χ0v) is 5.73. The number of nitrogens with two attached hydrogens (primary N) is 1. The first-order valence-corrected chi connectivity index (χ1v) is 3.03. The third-order valence-corrected chi connectivity index (χ3v) is 1.77. The molecule has 7 heavy (non-hydrogen) atoms. The predicted molar refractivity (Wildman–Crippen MR) is 35.3 cm³/mol. The fraction of sp³-hybridized carbons (Fsp3) is 0.667. The number of carbonyl (C=O) groups excluding carboxylic acids is 1. The van der Waals surface area contributed by atoms with Gasteiger partial charge in [0.05, 0.1) is 4.83 Å². The van der Waals surface area contributed by atoms with Gasteiger partial charge in [0.15, 0.2) is 0 Å². The number of hydrogen-bond acceptors (Lipinski definition) is 1. The topological polar surface area (TPSA) is 43.1 Å². The Bertz CT molecular complexity index is 77.3. The van der Waals surface area contributed by atoms with Crippen LogP contribution < -0.4 is 5.73 Å². The normalized spacial score (nSPS) is 13.3. The van der Waals surface area contributed by atoms with E-state index in [0.29, 0.717) is 0 Å². The monoisotopic (exact) mass is 163 g/mol. The van der Waals surface area contributed by atoms with Crippen LogP contribution in [-0.4, -0.2) is 18.6 Å². The smallest absolute Gasteiger partial charge is 0.230 e. The van der Waals surface area contributed by atoms with E-state index in [-0.39, 0.29) is 10.7 Å². The van der Waals surface area contributed by atoms with Gasteiger partial charge in [0.2, 0.25) is 5.91 Å². The van der Waals surface area contributed by atoms with E-state index in [4.69, 9.17) is 5.73 Å². The lowest BCUT2D eigenvalue weighted by Gasteiger charge is -1.95. The fourth-order valence-corrected chi connectivity index (χ4v) is 0.201. The summed E-state index contributed by atoms with van der Waals surface area (Å²) in [6, 6.07) is 0. The number of halogens is 1. The number of amides is 1. The summed E-state index contributed by atoms with van der Waals surface area (Å²) in [4.78, 5) is 9.96. The number of carbonyl (C=O) groups is 1. The molecule has 0 aliphatic carbocycles. The van der Waals surface area contributed by atoms with Crippen molar-refractivity contribution in [2.24, 2.45) is 5.73 Å². The Hall–Kier alpha value is 0.0149. The van der Waals surface area contributed by atoms with Crippen molar-refractivity contribution < 1.29 is 4.79 Å². The van der Waals surface area contributed by atoms with Gasteiger partial charge in [-0.25, -0.2) is 0 Å². The molecule has 2 nitrogen and oxygen atoms in total. The maximum Gasteiger partial charge on any atom is 0.230 e. The molecule has 1 unspecified atom stereocenters. The molecule has 0 saturated heterocycles. The lowest BCUT2D eigenvalue weighted by atomic mass is 10.0. The average Bonchev–Trinajstić information content (AvgIpc) is 1.65. The summed E-state index contributed by atoms with van der Waals surface area (Å²) in [5.74, 6) is -0.289. The third-order valence-electron chi connectivity index (χ3n) is 0.667. The molecule has 1 atom stereocenters. The lowest BCUT2D eigenvalue weighted by molar-refractivity contribution is -0.117. The molecule has 2 N–H and O–H groups in total. The molecule has 0 saturated carbocycles. The molecule has 1 amide bonds. The minimum absolute atomic E-state index is 0.146. The highest BCUT2D eigenvalue weighted by Gasteiger charge is 2.04. The van der Waals surface area contributed by atoms with Crippen LogP contribution in [0.15, 0.2) is 0 Å². The lowest BCUT2D eigenvalue weighted by Crippen LogP contribution is -2.22. The Kier molecular flexibility index (Phi) is 3.08. The molecule has 0 spiro atoms. The van der Waals surface area contributed by atoms with E-state index < -0.39 is 0 Å². The molecule has 0 bridgehead atoms.